The molecule has 0 saturated heterocycles. The summed E-state index contributed by atoms with van der Waals surface area (Å²) in [4.78, 5) is 2.28. The zero-order valence-electron chi connectivity index (χ0n) is 11.9. The molecule has 1 aromatic rings. The van der Waals surface area contributed by atoms with Crippen LogP contribution in [0.15, 0.2) is 18.2 Å². The van der Waals surface area contributed by atoms with Crippen molar-refractivity contribution in [2.75, 3.05) is 38.3 Å². The fourth-order valence-corrected chi connectivity index (χ4v) is 2.61. The number of halogens is 1. The van der Waals surface area contributed by atoms with Crippen molar-refractivity contribution in [3.8, 4) is 0 Å². The summed E-state index contributed by atoms with van der Waals surface area (Å²) in [5.74, 6) is 0. The summed E-state index contributed by atoms with van der Waals surface area (Å²) in [5.41, 5.74) is 2.24. The smallest absolute Gasteiger partial charge is 0.0606 e. The van der Waals surface area contributed by atoms with Gasteiger partial charge in [0.15, 0.2) is 0 Å². The number of nitrogens with zero attached hydrogens (tertiary/aromatic N) is 1. The van der Waals surface area contributed by atoms with Crippen LogP contribution in [0.1, 0.15) is 18.4 Å². The van der Waals surface area contributed by atoms with E-state index in [0.29, 0.717) is 25.7 Å². The molecule has 0 unspecified atom stereocenters. The lowest BCUT2D eigenvalue weighted by Gasteiger charge is -2.27. The van der Waals surface area contributed by atoms with E-state index in [-0.39, 0.29) is 6.61 Å². The number of ether oxygens (including phenoxy) is 1. The number of methoxy groups -OCH3 is 1. The number of hydrogen-bond donors (Lipinski definition) is 2. The molecule has 0 heterocycles. The van der Waals surface area contributed by atoms with Crippen LogP contribution in [0.3, 0.4) is 0 Å². The van der Waals surface area contributed by atoms with Gasteiger partial charge in [-0.1, -0.05) is 17.7 Å². The van der Waals surface area contributed by atoms with Crippen LogP contribution in [-0.4, -0.2) is 44.6 Å². The zero-order valence-corrected chi connectivity index (χ0v) is 12.7. The van der Waals surface area contributed by atoms with Gasteiger partial charge in [-0.2, -0.15) is 0 Å². The fraction of sp³-hybridized carbons (Fsp3) is 0.600. The molecule has 0 aliphatic heterocycles. The average Bonchev–Trinajstić information content (AvgIpc) is 3.27. The van der Waals surface area contributed by atoms with E-state index in [0.717, 1.165) is 22.8 Å². The first-order chi connectivity index (χ1) is 9.77. The molecule has 0 aromatic heterocycles. The van der Waals surface area contributed by atoms with Gasteiger partial charge >= 0.3 is 0 Å². The molecule has 0 spiro atoms. The summed E-state index contributed by atoms with van der Waals surface area (Å²) in [6, 6.07) is 6.54. The number of aliphatic hydroxyl groups excluding tert-OH is 1. The quantitative estimate of drug-likeness (QED) is 0.685. The summed E-state index contributed by atoms with van der Waals surface area (Å²) in [7, 11) is 1.69. The molecule has 0 radical (unpaired) electrons. The first-order valence-corrected chi connectivity index (χ1v) is 7.50. The molecule has 2 N–H and O–H groups in total. The van der Waals surface area contributed by atoms with Crippen molar-refractivity contribution in [2.45, 2.75) is 25.4 Å². The third-order valence-electron chi connectivity index (χ3n) is 3.52. The minimum Gasteiger partial charge on any atom is -0.395 e. The number of hydrogen-bond acceptors (Lipinski definition) is 4. The van der Waals surface area contributed by atoms with E-state index < -0.39 is 0 Å². The van der Waals surface area contributed by atoms with Crippen molar-refractivity contribution < 1.29 is 9.84 Å². The number of nitrogens with one attached hydrogen (secondary N) is 1. The van der Waals surface area contributed by atoms with E-state index in [9.17, 15) is 5.11 Å². The second-order valence-electron chi connectivity index (χ2n) is 5.06. The molecule has 1 aliphatic carbocycles. The van der Waals surface area contributed by atoms with Gasteiger partial charge in [0, 0.05) is 49.1 Å². The lowest BCUT2D eigenvalue weighted by molar-refractivity contribution is 0.199. The Labute approximate surface area is 125 Å². The third kappa shape index (κ3) is 4.09. The maximum atomic E-state index is 9.27. The SMILES string of the molecule is COCCNCc1c(Cl)cccc1N(CCO)C1CC1. The van der Waals surface area contributed by atoms with Gasteiger partial charge in [-0.05, 0) is 25.0 Å². The van der Waals surface area contributed by atoms with Crippen LogP contribution in [0.25, 0.3) is 0 Å². The zero-order chi connectivity index (χ0) is 14.4. The van der Waals surface area contributed by atoms with E-state index in [1.165, 1.54) is 12.8 Å². The molecule has 4 nitrogen and oxygen atoms in total. The molecule has 1 fully saturated rings. The molecule has 5 heteroatoms. The normalized spacial score (nSPS) is 14.6. The Balaban J connectivity index is 2.11. The maximum absolute atomic E-state index is 9.27. The number of rotatable bonds is 9. The second-order valence-corrected chi connectivity index (χ2v) is 5.46. The fourth-order valence-electron chi connectivity index (χ4n) is 2.37. The Morgan fingerprint density at radius 3 is 2.90 bits per heavy atom. The molecule has 112 valence electrons. The van der Waals surface area contributed by atoms with Crippen LogP contribution in [0.4, 0.5) is 5.69 Å². The lowest BCUT2D eigenvalue weighted by atomic mass is 10.1. The Hall–Kier alpha value is -0.810. The van der Waals surface area contributed by atoms with Crippen LogP contribution in [0.5, 0.6) is 0 Å². The van der Waals surface area contributed by atoms with E-state index in [1.54, 1.807) is 7.11 Å². The van der Waals surface area contributed by atoms with Gasteiger partial charge in [0.1, 0.15) is 0 Å². The molecular formula is C15H23ClN2O2. The molecule has 0 amide bonds. The second kappa shape index (κ2) is 7.84. The van der Waals surface area contributed by atoms with Crippen molar-refractivity contribution in [2.24, 2.45) is 0 Å². The first kappa shape index (κ1) is 15.6. The van der Waals surface area contributed by atoms with E-state index in [2.05, 4.69) is 16.3 Å². The Kier molecular flexibility index (Phi) is 6.10. The highest BCUT2D eigenvalue weighted by Gasteiger charge is 2.30. The largest absolute Gasteiger partial charge is 0.395 e. The van der Waals surface area contributed by atoms with Gasteiger partial charge in [0.05, 0.1) is 13.2 Å². The third-order valence-corrected chi connectivity index (χ3v) is 3.87. The van der Waals surface area contributed by atoms with Gasteiger partial charge < -0.3 is 20.1 Å². The summed E-state index contributed by atoms with van der Waals surface area (Å²) in [6.45, 7) is 3.02. The van der Waals surface area contributed by atoms with Crippen LogP contribution in [-0.2, 0) is 11.3 Å². The minimum atomic E-state index is 0.166. The monoisotopic (exact) mass is 298 g/mol. The van der Waals surface area contributed by atoms with Crippen LogP contribution < -0.4 is 10.2 Å². The van der Waals surface area contributed by atoms with Crippen molar-refractivity contribution >= 4 is 17.3 Å². The highest BCUT2D eigenvalue weighted by molar-refractivity contribution is 6.31. The molecule has 0 atom stereocenters. The molecule has 1 saturated carbocycles. The van der Waals surface area contributed by atoms with Crippen molar-refractivity contribution in [1.82, 2.24) is 5.32 Å². The van der Waals surface area contributed by atoms with Gasteiger partial charge in [0.2, 0.25) is 0 Å². The Morgan fingerprint density at radius 1 is 1.45 bits per heavy atom. The van der Waals surface area contributed by atoms with E-state index in [4.69, 9.17) is 16.3 Å². The molecule has 20 heavy (non-hydrogen) atoms. The molecule has 1 aliphatic rings. The van der Waals surface area contributed by atoms with E-state index >= 15 is 0 Å². The summed E-state index contributed by atoms with van der Waals surface area (Å²) in [6.07, 6.45) is 2.39. The van der Waals surface area contributed by atoms with Gasteiger partial charge in [-0.15, -0.1) is 0 Å². The van der Waals surface area contributed by atoms with Gasteiger partial charge in [0.25, 0.3) is 0 Å². The Morgan fingerprint density at radius 2 is 2.25 bits per heavy atom. The van der Waals surface area contributed by atoms with Crippen molar-refractivity contribution in [3.63, 3.8) is 0 Å². The predicted octanol–water partition coefficient (Wildman–Crippen LogP) is 2.04. The first-order valence-electron chi connectivity index (χ1n) is 7.12. The summed E-state index contributed by atoms with van der Waals surface area (Å²) in [5, 5.41) is 13.4. The predicted molar refractivity (Wildman–Crippen MR) is 82.5 cm³/mol. The molecule has 1 aromatic carbocycles. The number of benzene rings is 1. The molecular weight excluding hydrogens is 276 g/mol. The highest BCUT2D eigenvalue weighted by atomic mass is 35.5. The number of anilines is 1. The van der Waals surface area contributed by atoms with Crippen molar-refractivity contribution in [1.29, 1.82) is 0 Å². The Bertz CT molecular complexity index is 424. The number of aliphatic hydroxyl groups is 1. The molecule has 0 bridgehead atoms. The van der Waals surface area contributed by atoms with Gasteiger partial charge in [-0.25, -0.2) is 0 Å². The van der Waals surface area contributed by atoms with Crippen LogP contribution in [0.2, 0.25) is 5.02 Å². The van der Waals surface area contributed by atoms with Gasteiger partial charge in [-0.3, -0.25) is 0 Å². The standard InChI is InChI=1S/C15H23ClN2O2/c1-20-10-7-17-11-13-14(16)3-2-4-15(13)18(8-9-19)12-5-6-12/h2-4,12,17,19H,5-11H2,1H3. The highest BCUT2D eigenvalue weighted by Crippen LogP contribution is 2.35. The summed E-state index contributed by atoms with van der Waals surface area (Å²) >= 11 is 6.35. The summed E-state index contributed by atoms with van der Waals surface area (Å²) < 4.78 is 5.04. The average molecular weight is 299 g/mol. The minimum absolute atomic E-state index is 0.166. The lowest BCUT2D eigenvalue weighted by Crippen LogP contribution is -2.31. The van der Waals surface area contributed by atoms with Crippen LogP contribution in [0, 0.1) is 0 Å². The van der Waals surface area contributed by atoms with Crippen molar-refractivity contribution in [3.05, 3.63) is 28.8 Å². The van der Waals surface area contributed by atoms with E-state index in [1.807, 2.05) is 12.1 Å². The van der Waals surface area contributed by atoms with Crippen LogP contribution >= 0.6 is 11.6 Å². The topological polar surface area (TPSA) is 44.7 Å². The molecule has 2 rings (SSSR count). The maximum Gasteiger partial charge on any atom is 0.0606 e.